The number of hydrogen-bond donors (Lipinski definition) is 1. The highest BCUT2D eigenvalue weighted by atomic mass is 32.1. The molecule has 0 bridgehead atoms. The first-order valence-electron chi connectivity index (χ1n) is 6.48. The van der Waals surface area contributed by atoms with Gasteiger partial charge in [0.2, 0.25) is 0 Å². The fourth-order valence-corrected chi connectivity index (χ4v) is 3.35. The molecule has 0 spiro atoms. The summed E-state index contributed by atoms with van der Waals surface area (Å²) in [6.45, 7) is 5.65. The molecule has 100 valence electrons. The summed E-state index contributed by atoms with van der Waals surface area (Å²) in [5.41, 5.74) is 1.02. The lowest BCUT2D eigenvalue weighted by atomic mass is 9.89. The second-order valence-electron chi connectivity index (χ2n) is 5.01. The van der Waals surface area contributed by atoms with E-state index in [4.69, 9.17) is 0 Å². The number of thiazole rings is 1. The number of aromatic nitrogens is 1. The minimum absolute atomic E-state index is 0.340. The highest BCUT2D eigenvalue weighted by molar-refractivity contribution is 7.09. The molecule has 1 aromatic heterocycles. The van der Waals surface area contributed by atoms with Crippen LogP contribution in [-0.2, 0) is 11.3 Å². The summed E-state index contributed by atoms with van der Waals surface area (Å²) < 4.78 is 0. The predicted molar refractivity (Wildman–Crippen MR) is 71.7 cm³/mol. The molecule has 2 rings (SSSR count). The molecular formula is C13H20N2O2S. The van der Waals surface area contributed by atoms with E-state index >= 15 is 0 Å². The lowest BCUT2D eigenvalue weighted by molar-refractivity contribution is -0.145. The van der Waals surface area contributed by atoms with Gasteiger partial charge < -0.3 is 5.11 Å². The van der Waals surface area contributed by atoms with Gasteiger partial charge in [-0.05, 0) is 32.2 Å². The highest BCUT2D eigenvalue weighted by Gasteiger charge is 2.32. The van der Waals surface area contributed by atoms with Gasteiger partial charge in [-0.3, -0.25) is 9.69 Å². The topological polar surface area (TPSA) is 53.4 Å². The predicted octanol–water partition coefficient (Wildman–Crippen LogP) is 2.53. The van der Waals surface area contributed by atoms with Crippen molar-refractivity contribution in [2.45, 2.75) is 45.7 Å². The van der Waals surface area contributed by atoms with Crippen molar-refractivity contribution in [3.05, 3.63) is 16.1 Å². The average Bonchev–Trinajstić information content (AvgIpc) is 2.75. The monoisotopic (exact) mass is 268 g/mol. The van der Waals surface area contributed by atoms with Crippen molar-refractivity contribution < 1.29 is 9.90 Å². The third-order valence-electron chi connectivity index (χ3n) is 3.69. The van der Waals surface area contributed by atoms with Crippen LogP contribution in [0.15, 0.2) is 5.38 Å². The van der Waals surface area contributed by atoms with E-state index in [2.05, 4.69) is 16.8 Å². The van der Waals surface area contributed by atoms with Crippen molar-refractivity contribution in [1.82, 2.24) is 9.88 Å². The maximum Gasteiger partial charge on any atom is 0.320 e. The van der Waals surface area contributed by atoms with Gasteiger partial charge in [0.1, 0.15) is 11.0 Å². The van der Waals surface area contributed by atoms with Gasteiger partial charge in [0.05, 0.1) is 6.54 Å². The lowest BCUT2D eigenvalue weighted by Crippen LogP contribution is -2.46. The van der Waals surface area contributed by atoms with Gasteiger partial charge in [0.25, 0.3) is 0 Å². The first-order chi connectivity index (χ1) is 8.60. The van der Waals surface area contributed by atoms with Crippen LogP contribution in [0, 0.1) is 12.8 Å². The fraction of sp³-hybridized carbons (Fsp3) is 0.692. The number of carboxylic acids is 1. The molecule has 1 aliphatic rings. The van der Waals surface area contributed by atoms with E-state index in [1.165, 1.54) is 0 Å². The van der Waals surface area contributed by atoms with Crippen LogP contribution in [0.1, 0.15) is 36.9 Å². The van der Waals surface area contributed by atoms with E-state index in [0.29, 0.717) is 12.5 Å². The summed E-state index contributed by atoms with van der Waals surface area (Å²) in [4.78, 5) is 17.8. The van der Waals surface area contributed by atoms with E-state index in [1.54, 1.807) is 11.3 Å². The quantitative estimate of drug-likeness (QED) is 0.911. The highest BCUT2D eigenvalue weighted by Crippen LogP contribution is 2.27. The number of nitrogens with zero attached hydrogens (tertiary/aromatic N) is 2. The van der Waals surface area contributed by atoms with E-state index in [1.807, 2.05) is 12.3 Å². The van der Waals surface area contributed by atoms with Crippen molar-refractivity contribution in [3.63, 3.8) is 0 Å². The summed E-state index contributed by atoms with van der Waals surface area (Å²) in [7, 11) is 0. The SMILES string of the molecule is CCC1CCN(Cc2nc(C)cs2)C(C(=O)O)C1. The number of aliphatic carboxylic acids is 1. The summed E-state index contributed by atoms with van der Waals surface area (Å²) in [5.74, 6) is -0.137. The first kappa shape index (κ1) is 13.5. The van der Waals surface area contributed by atoms with Crippen molar-refractivity contribution in [3.8, 4) is 0 Å². The Morgan fingerprint density at radius 1 is 1.67 bits per heavy atom. The Balaban J connectivity index is 2.04. The van der Waals surface area contributed by atoms with Crippen LogP contribution in [0.25, 0.3) is 0 Å². The number of piperidine rings is 1. The molecule has 0 aliphatic carbocycles. The number of carbonyl (C=O) groups is 1. The van der Waals surface area contributed by atoms with E-state index in [9.17, 15) is 9.90 Å². The molecule has 2 heterocycles. The number of carboxylic acid groups (broad SMARTS) is 1. The standard InChI is InChI=1S/C13H20N2O2S/c1-3-10-4-5-15(11(6-10)13(16)17)7-12-14-9(2)8-18-12/h8,10-11H,3-7H2,1-2H3,(H,16,17). The molecule has 1 fully saturated rings. The Morgan fingerprint density at radius 2 is 2.44 bits per heavy atom. The smallest absolute Gasteiger partial charge is 0.320 e. The summed E-state index contributed by atoms with van der Waals surface area (Å²) in [5, 5.41) is 12.4. The zero-order valence-corrected chi connectivity index (χ0v) is 11.7. The van der Waals surface area contributed by atoms with E-state index in [-0.39, 0.29) is 6.04 Å². The normalized spacial score (nSPS) is 25.2. The second-order valence-corrected chi connectivity index (χ2v) is 5.95. The molecule has 1 aliphatic heterocycles. The lowest BCUT2D eigenvalue weighted by Gasteiger charge is -2.36. The average molecular weight is 268 g/mol. The van der Waals surface area contributed by atoms with Gasteiger partial charge in [-0.1, -0.05) is 13.3 Å². The third-order valence-corrected chi connectivity index (χ3v) is 4.64. The molecule has 1 N–H and O–H groups in total. The molecular weight excluding hydrogens is 248 g/mol. The van der Waals surface area contributed by atoms with Crippen LogP contribution in [0.5, 0.6) is 0 Å². The van der Waals surface area contributed by atoms with Gasteiger partial charge >= 0.3 is 5.97 Å². The van der Waals surface area contributed by atoms with E-state index in [0.717, 1.165) is 36.5 Å². The molecule has 2 unspecified atom stereocenters. The minimum Gasteiger partial charge on any atom is -0.480 e. The Labute approximate surface area is 112 Å². The number of aryl methyl sites for hydroxylation is 1. The van der Waals surface area contributed by atoms with Crippen molar-refractivity contribution >= 4 is 17.3 Å². The Kier molecular flexibility index (Phi) is 4.35. The summed E-state index contributed by atoms with van der Waals surface area (Å²) in [6, 6.07) is -0.340. The molecule has 1 aromatic rings. The van der Waals surface area contributed by atoms with Gasteiger partial charge in [0, 0.05) is 11.1 Å². The number of rotatable bonds is 4. The summed E-state index contributed by atoms with van der Waals surface area (Å²) >= 11 is 1.62. The molecule has 0 saturated carbocycles. The van der Waals surface area contributed by atoms with Crippen molar-refractivity contribution in [1.29, 1.82) is 0 Å². The second kappa shape index (κ2) is 5.80. The van der Waals surface area contributed by atoms with Crippen LogP contribution >= 0.6 is 11.3 Å². The molecule has 0 amide bonds. The third kappa shape index (κ3) is 3.09. The number of hydrogen-bond acceptors (Lipinski definition) is 4. The Hall–Kier alpha value is -0.940. The number of likely N-dealkylation sites (tertiary alicyclic amines) is 1. The molecule has 0 radical (unpaired) electrons. The molecule has 1 saturated heterocycles. The largest absolute Gasteiger partial charge is 0.480 e. The fourth-order valence-electron chi connectivity index (χ4n) is 2.55. The Morgan fingerprint density at radius 3 is 3.00 bits per heavy atom. The molecule has 4 nitrogen and oxygen atoms in total. The van der Waals surface area contributed by atoms with Crippen LogP contribution in [0.2, 0.25) is 0 Å². The minimum atomic E-state index is -0.693. The van der Waals surface area contributed by atoms with Gasteiger partial charge in [-0.25, -0.2) is 4.98 Å². The first-order valence-corrected chi connectivity index (χ1v) is 7.36. The van der Waals surface area contributed by atoms with Gasteiger partial charge in [-0.2, -0.15) is 0 Å². The maximum atomic E-state index is 11.4. The molecule has 18 heavy (non-hydrogen) atoms. The zero-order valence-electron chi connectivity index (χ0n) is 10.9. The van der Waals surface area contributed by atoms with Gasteiger partial charge in [0.15, 0.2) is 0 Å². The van der Waals surface area contributed by atoms with Crippen LogP contribution in [-0.4, -0.2) is 33.5 Å². The maximum absolute atomic E-state index is 11.4. The molecule has 0 aromatic carbocycles. The van der Waals surface area contributed by atoms with Crippen LogP contribution < -0.4 is 0 Å². The van der Waals surface area contributed by atoms with Crippen molar-refractivity contribution in [2.24, 2.45) is 5.92 Å². The van der Waals surface area contributed by atoms with Gasteiger partial charge in [-0.15, -0.1) is 11.3 Å². The zero-order chi connectivity index (χ0) is 13.1. The van der Waals surface area contributed by atoms with Crippen LogP contribution in [0.4, 0.5) is 0 Å². The van der Waals surface area contributed by atoms with Crippen LogP contribution in [0.3, 0.4) is 0 Å². The Bertz CT molecular complexity index is 419. The van der Waals surface area contributed by atoms with Crippen molar-refractivity contribution in [2.75, 3.05) is 6.54 Å². The summed E-state index contributed by atoms with van der Waals surface area (Å²) in [6.07, 6.45) is 2.95. The molecule has 2 atom stereocenters. The molecule has 5 heteroatoms. The van der Waals surface area contributed by atoms with E-state index < -0.39 is 5.97 Å².